The van der Waals surface area contributed by atoms with Crippen molar-refractivity contribution in [3.05, 3.63) is 46.6 Å². The summed E-state index contributed by atoms with van der Waals surface area (Å²) in [5, 5.41) is 23.1. The van der Waals surface area contributed by atoms with Crippen LogP contribution in [0.15, 0.2) is 36.5 Å². The Morgan fingerprint density at radius 2 is 1.88 bits per heavy atom. The molecule has 132 valence electrons. The van der Waals surface area contributed by atoms with Crippen LogP contribution in [0.25, 0.3) is 0 Å². The zero-order chi connectivity index (χ0) is 18.6. The van der Waals surface area contributed by atoms with Crippen molar-refractivity contribution in [2.75, 3.05) is 5.32 Å². The maximum atomic E-state index is 11.7. The number of ether oxygens (including phenoxy) is 2. The molecule has 2 rings (SSSR count). The van der Waals surface area contributed by atoms with Crippen LogP contribution in [0.5, 0.6) is 17.2 Å². The summed E-state index contributed by atoms with van der Waals surface area (Å²) in [7, 11) is 0. The van der Waals surface area contributed by atoms with E-state index in [0.717, 1.165) is 6.20 Å². The van der Waals surface area contributed by atoms with Crippen LogP contribution >= 0.6 is 0 Å². The fourth-order valence-corrected chi connectivity index (χ4v) is 1.80. The second-order valence-corrected chi connectivity index (χ2v) is 5.99. The molecular weight excluding hydrogens is 330 g/mol. The molecule has 0 fully saturated rings. The van der Waals surface area contributed by atoms with Crippen LogP contribution < -0.4 is 10.1 Å². The summed E-state index contributed by atoms with van der Waals surface area (Å²) in [6.07, 6.45) is 0.564. The highest BCUT2D eigenvalue weighted by atomic mass is 16.6. The molecule has 0 saturated heterocycles. The summed E-state index contributed by atoms with van der Waals surface area (Å²) >= 11 is 0. The Hall–Kier alpha value is -3.36. The zero-order valence-corrected chi connectivity index (χ0v) is 13.8. The Morgan fingerprint density at radius 3 is 2.44 bits per heavy atom. The Bertz CT molecular complexity index is 783. The van der Waals surface area contributed by atoms with Crippen LogP contribution in [0.4, 0.5) is 16.3 Å². The number of nitrogens with zero attached hydrogens (tertiary/aromatic N) is 2. The lowest BCUT2D eigenvalue weighted by atomic mass is 10.2. The highest BCUT2D eigenvalue weighted by Crippen LogP contribution is 2.36. The third-order valence-corrected chi connectivity index (χ3v) is 2.77. The van der Waals surface area contributed by atoms with E-state index < -0.39 is 28.2 Å². The molecule has 25 heavy (non-hydrogen) atoms. The monoisotopic (exact) mass is 347 g/mol. The Morgan fingerprint density at radius 1 is 1.24 bits per heavy atom. The van der Waals surface area contributed by atoms with Crippen molar-refractivity contribution in [3.8, 4) is 17.2 Å². The lowest BCUT2D eigenvalue weighted by Crippen LogP contribution is -2.27. The van der Waals surface area contributed by atoms with Gasteiger partial charge in [0.2, 0.25) is 0 Å². The van der Waals surface area contributed by atoms with Crippen LogP contribution in [0.2, 0.25) is 0 Å². The van der Waals surface area contributed by atoms with E-state index in [9.17, 15) is 20.0 Å². The molecule has 0 saturated carbocycles. The summed E-state index contributed by atoms with van der Waals surface area (Å²) < 4.78 is 10.5. The summed E-state index contributed by atoms with van der Waals surface area (Å²) in [4.78, 5) is 25.1. The van der Waals surface area contributed by atoms with Gasteiger partial charge in [0.1, 0.15) is 17.5 Å². The van der Waals surface area contributed by atoms with Gasteiger partial charge in [-0.3, -0.25) is 5.32 Å². The van der Waals surface area contributed by atoms with Crippen molar-refractivity contribution in [1.82, 2.24) is 4.98 Å². The van der Waals surface area contributed by atoms with Crippen molar-refractivity contribution in [3.63, 3.8) is 0 Å². The number of pyridine rings is 1. The first-order chi connectivity index (χ1) is 11.7. The highest BCUT2D eigenvalue weighted by Gasteiger charge is 2.20. The van der Waals surface area contributed by atoms with Crippen molar-refractivity contribution in [1.29, 1.82) is 0 Å². The average molecular weight is 347 g/mol. The van der Waals surface area contributed by atoms with Gasteiger partial charge in [0, 0.05) is 11.8 Å². The molecular formula is C16H17N3O6. The number of carbonyl (C=O) groups excluding carboxylic acids is 1. The molecule has 0 aliphatic rings. The number of aromatic hydroxyl groups is 1. The predicted octanol–water partition coefficient (Wildman–Crippen LogP) is 3.83. The molecule has 1 amide bonds. The first-order valence-electron chi connectivity index (χ1n) is 7.26. The SMILES string of the molecule is CC(C)(C)OC(=O)Nc1ccc(Oc2ccnc([N+](=O)[O-])c2O)cc1. The van der Waals surface area contributed by atoms with E-state index in [1.54, 1.807) is 32.9 Å². The molecule has 2 N–H and O–H groups in total. The van der Waals surface area contributed by atoms with Crippen LogP contribution in [-0.4, -0.2) is 26.7 Å². The topological polar surface area (TPSA) is 124 Å². The van der Waals surface area contributed by atoms with Crippen LogP contribution in [0.3, 0.4) is 0 Å². The van der Waals surface area contributed by atoms with E-state index >= 15 is 0 Å². The van der Waals surface area contributed by atoms with Gasteiger partial charge in [-0.25, -0.2) is 4.79 Å². The lowest BCUT2D eigenvalue weighted by Gasteiger charge is -2.19. The zero-order valence-electron chi connectivity index (χ0n) is 13.8. The number of amides is 1. The first-order valence-corrected chi connectivity index (χ1v) is 7.26. The number of aromatic nitrogens is 1. The standard InChI is InChI=1S/C16H17N3O6/c1-16(2,3)25-15(21)18-10-4-6-11(7-5-10)24-12-8-9-17-14(13(12)20)19(22)23/h4-9,20H,1-3H3,(H,18,21). The van der Waals surface area contributed by atoms with E-state index in [1.165, 1.54) is 18.2 Å². The van der Waals surface area contributed by atoms with E-state index in [-0.39, 0.29) is 5.75 Å². The van der Waals surface area contributed by atoms with E-state index in [1.807, 2.05) is 0 Å². The fourth-order valence-electron chi connectivity index (χ4n) is 1.80. The maximum Gasteiger partial charge on any atom is 0.412 e. The minimum atomic E-state index is -0.809. The number of nitrogens with one attached hydrogen (secondary N) is 1. The summed E-state index contributed by atoms with van der Waals surface area (Å²) in [6, 6.07) is 7.48. The van der Waals surface area contributed by atoms with Gasteiger partial charge in [-0.1, -0.05) is 0 Å². The summed E-state index contributed by atoms with van der Waals surface area (Å²) in [5.74, 6) is -1.15. The van der Waals surface area contributed by atoms with Gasteiger partial charge < -0.3 is 24.7 Å². The maximum absolute atomic E-state index is 11.7. The van der Waals surface area contributed by atoms with Gasteiger partial charge >= 0.3 is 11.9 Å². The number of benzene rings is 1. The normalized spacial score (nSPS) is 10.8. The Balaban J connectivity index is 2.07. The average Bonchev–Trinajstić information content (AvgIpc) is 2.49. The van der Waals surface area contributed by atoms with Gasteiger partial charge in [0.15, 0.2) is 5.75 Å². The van der Waals surface area contributed by atoms with Crippen LogP contribution in [0.1, 0.15) is 20.8 Å². The van der Waals surface area contributed by atoms with Crippen molar-refractivity contribution < 1.29 is 24.3 Å². The van der Waals surface area contributed by atoms with E-state index in [0.29, 0.717) is 11.4 Å². The number of anilines is 1. The molecule has 1 aromatic carbocycles. The molecule has 2 aromatic rings. The quantitative estimate of drug-likeness (QED) is 0.636. The lowest BCUT2D eigenvalue weighted by molar-refractivity contribution is -0.390. The van der Waals surface area contributed by atoms with E-state index in [4.69, 9.17) is 9.47 Å². The Labute approximate surface area is 143 Å². The number of hydrogen-bond acceptors (Lipinski definition) is 7. The number of rotatable bonds is 4. The van der Waals surface area contributed by atoms with Crippen LogP contribution in [0, 0.1) is 10.1 Å². The highest BCUT2D eigenvalue weighted by molar-refractivity contribution is 5.84. The molecule has 0 atom stereocenters. The largest absolute Gasteiger partial charge is 0.498 e. The molecule has 0 unspecified atom stereocenters. The van der Waals surface area contributed by atoms with Gasteiger partial charge in [-0.2, -0.15) is 0 Å². The summed E-state index contributed by atoms with van der Waals surface area (Å²) in [5.41, 5.74) is -0.132. The minimum absolute atomic E-state index is 0.102. The molecule has 0 radical (unpaired) electrons. The molecule has 9 nitrogen and oxygen atoms in total. The predicted molar refractivity (Wildman–Crippen MR) is 88.9 cm³/mol. The van der Waals surface area contributed by atoms with Crippen molar-refractivity contribution in [2.45, 2.75) is 26.4 Å². The number of hydrogen-bond donors (Lipinski definition) is 2. The first kappa shape index (κ1) is 18.0. The van der Waals surface area contributed by atoms with Gasteiger partial charge in [-0.15, -0.1) is 0 Å². The van der Waals surface area contributed by atoms with E-state index in [2.05, 4.69) is 10.3 Å². The van der Waals surface area contributed by atoms with Gasteiger partial charge in [0.25, 0.3) is 5.75 Å². The van der Waals surface area contributed by atoms with Gasteiger partial charge in [-0.05, 0) is 54.9 Å². The fraction of sp³-hybridized carbons (Fsp3) is 0.250. The number of nitro groups is 1. The minimum Gasteiger partial charge on any atom is -0.498 e. The molecule has 1 heterocycles. The summed E-state index contributed by atoms with van der Waals surface area (Å²) in [6.45, 7) is 5.26. The third-order valence-electron chi connectivity index (χ3n) is 2.77. The molecule has 0 aliphatic heterocycles. The molecule has 0 aliphatic carbocycles. The third kappa shape index (κ3) is 5.06. The van der Waals surface area contributed by atoms with Gasteiger partial charge in [0.05, 0.1) is 0 Å². The smallest absolute Gasteiger partial charge is 0.412 e. The second-order valence-electron chi connectivity index (χ2n) is 5.99. The Kier molecular flexibility index (Phi) is 5.06. The molecule has 1 aromatic heterocycles. The van der Waals surface area contributed by atoms with Crippen molar-refractivity contribution in [2.24, 2.45) is 0 Å². The molecule has 0 spiro atoms. The molecule has 0 bridgehead atoms. The second kappa shape index (κ2) is 7.04. The van der Waals surface area contributed by atoms with Crippen LogP contribution in [-0.2, 0) is 4.74 Å². The number of carbonyl (C=O) groups is 1. The molecule has 9 heteroatoms. The van der Waals surface area contributed by atoms with Crippen molar-refractivity contribution >= 4 is 17.6 Å².